The van der Waals surface area contributed by atoms with Crippen LogP contribution in [-0.2, 0) is 9.53 Å². The van der Waals surface area contributed by atoms with E-state index in [1.54, 1.807) is 0 Å². The van der Waals surface area contributed by atoms with Gasteiger partial charge in [-0.2, -0.15) is 4.98 Å². The molecule has 1 amide bonds. The molecule has 0 aliphatic carbocycles. The minimum Gasteiger partial charge on any atom is -0.394 e. The summed E-state index contributed by atoms with van der Waals surface area (Å²) in [6.45, 7) is 0.601. The molecular formula is C17H20N6O6. The lowest BCUT2D eigenvalue weighted by molar-refractivity contribution is -0.114. The average Bonchev–Trinajstić information content (AvgIpc) is 3.12. The summed E-state index contributed by atoms with van der Waals surface area (Å²) in [7, 11) is 0. The number of aromatic nitrogens is 2. The summed E-state index contributed by atoms with van der Waals surface area (Å²) in [5.74, 6) is -0.0174. The van der Waals surface area contributed by atoms with Gasteiger partial charge in [0, 0.05) is 17.6 Å². The second-order valence-electron chi connectivity index (χ2n) is 7.04. The van der Waals surface area contributed by atoms with Crippen molar-refractivity contribution in [1.82, 2.24) is 9.55 Å². The van der Waals surface area contributed by atoms with Gasteiger partial charge in [0.25, 0.3) is 5.56 Å². The van der Waals surface area contributed by atoms with Crippen LogP contribution in [0, 0.1) is 0 Å². The molecular weight excluding hydrogens is 384 g/mol. The van der Waals surface area contributed by atoms with Crippen molar-refractivity contribution in [3.63, 3.8) is 0 Å². The van der Waals surface area contributed by atoms with Crippen molar-refractivity contribution in [3.8, 4) is 0 Å². The van der Waals surface area contributed by atoms with Gasteiger partial charge in [-0.1, -0.05) is 0 Å². The van der Waals surface area contributed by atoms with E-state index in [4.69, 9.17) is 10.5 Å². The van der Waals surface area contributed by atoms with E-state index in [0.29, 0.717) is 10.8 Å². The lowest BCUT2D eigenvalue weighted by atomic mass is 9.96. The third-order valence-corrected chi connectivity index (χ3v) is 5.06. The standard InChI is InChI=1S/C17H20N6O6/c1-17(28)13(27)9(5-24)29-16(17)23-4-7-8(21-11(26)3-18)2-10(25)22-14-12(7)15(23)20-6-19-14/h2,4,6,9,13,16,24,27-28H,3,5,18H2,1H3,(H,21,26)(H,19,20,22,25)/t9-,13-,16-,17-/m1/s1. The topological polar surface area (TPSA) is 184 Å². The normalized spacial score (nSPS) is 27.8. The maximum atomic E-state index is 12.1. The van der Waals surface area contributed by atoms with Crippen molar-refractivity contribution in [2.75, 3.05) is 23.8 Å². The maximum Gasteiger partial charge on any atom is 0.273 e. The Morgan fingerprint density at radius 3 is 2.93 bits per heavy atom. The summed E-state index contributed by atoms with van der Waals surface area (Å²) in [4.78, 5) is 32.2. The van der Waals surface area contributed by atoms with E-state index in [9.17, 15) is 24.9 Å². The lowest BCUT2D eigenvalue weighted by Crippen LogP contribution is -2.44. The quantitative estimate of drug-likeness (QED) is 0.348. The van der Waals surface area contributed by atoms with Crippen LogP contribution in [0.5, 0.6) is 0 Å². The van der Waals surface area contributed by atoms with Crippen LogP contribution in [0.1, 0.15) is 13.2 Å². The fourth-order valence-corrected chi connectivity index (χ4v) is 3.62. The number of hydrogen-bond donors (Lipinski definition) is 6. The summed E-state index contributed by atoms with van der Waals surface area (Å²) in [5, 5.41) is 36.7. The van der Waals surface area contributed by atoms with Crippen LogP contribution in [0.2, 0.25) is 0 Å². The highest BCUT2D eigenvalue weighted by molar-refractivity contribution is 6.12. The molecule has 7 N–H and O–H groups in total. The van der Waals surface area contributed by atoms with Gasteiger partial charge in [-0.15, -0.1) is 0 Å². The van der Waals surface area contributed by atoms with E-state index in [-0.39, 0.29) is 23.9 Å². The first-order valence-corrected chi connectivity index (χ1v) is 8.83. The highest BCUT2D eigenvalue weighted by Crippen LogP contribution is 2.45. The number of nitrogens with one attached hydrogen (secondary N) is 2. The van der Waals surface area contributed by atoms with Gasteiger partial charge in [-0.05, 0) is 6.92 Å². The van der Waals surface area contributed by atoms with Crippen LogP contribution < -0.4 is 21.9 Å². The Balaban J connectivity index is 1.97. The van der Waals surface area contributed by atoms with Crippen LogP contribution in [0.25, 0.3) is 10.8 Å². The monoisotopic (exact) mass is 404 g/mol. The van der Waals surface area contributed by atoms with E-state index in [1.165, 1.54) is 24.0 Å². The van der Waals surface area contributed by atoms with Gasteiger partial charge in [-0.25, -0.2) is 4.99 Å². The average molecular weight is 404 g/mol. The van der Waals surface area contributed by atoms with E-state index < -0.39 is 42.1 Å². The molecule has 2 aromatic rings. The molecule has 0 spiro atoms. The first-order valence-electron chi connectivity index (χ1n) is 8.83. The predicted molar refractivity (Wildman–Crippen MR) is 103 cm³/mol. The van der Waals surface area contributed by atoms with Gasteiger partial charge in [0.2, 0.25) is 5.91 Å². The Kier molecular flexibility index (Phi) is 4.59. The van der Waals surface area contributed by atoms with Crippen molar-refractivity contribution < 1.29 is 24.9 Å². The Labute approximate surface area is 163 Å². The minimum atomic E-state index is -1.75. The number of ether oxygens (including phenoxy) is 1. The van der Waals surface area contributed by atoms with Gasteiger partial charge in [0.15, 0.2) is 6.23 Å². The van der Waals surface area contributed by atoms with Crippen LogP contribution in [0.4, 0.5) is 17.3 Å². The summed E-state index contributed by atoms with van der Waals surface area (Å²) >= 11 is 0. The number of anilines is 2. The van der Waals surface area contributed by atoms with Gasteiger partial charge in [0.1, 0.15) is 29.4 Å². The van der Waals surface area contributed by atoms with Gasteiger partial charge >= 0.3 is 0 Å². The number of rotatable bonds is 4. The molecule has 4 heterocycles. The van der Waals surface area contributed by atoms with Crippen molar-refractivity contribution in [2.24, 2.45) is 10.7 Å². The molecule has 0 aromatic carbocycles. The van der Waals surface area contributed by atoms with Crippen molar-refractivity contribution in [2.45, 2.75) is 31.0 Å². The first-order chi connectivity index (χ1) is 13.8. The minimum absolute atomic E-state index is 0.162. The van der Waals surface area contributed by atoms with Crippen LogP contribution in [-0.4, -0.2) is 68.1 Å². The number of aliphatic hydroxyl groups excluding tert-OH is 2. The predicted octanol–water partition coefficient (Wildman–Crippen LogP) is -1.62. The molecule has 1 saturated heterocycles. The maximum absolute atomic E-state index is 12.1. The first kappa shape index (κ1) is 19.4. The fraction of sp³-hybridized carbons (Fsp3) is 0.412. The zero-order valence-electron chi connectivity index (χ0n) is 15.4. The molecule has 0 radical (unpaired) electrons. The Bertz CT molecular complexity index is 1080. The van der Waals surface area contributed by atoms with E-state index in [2.05, 4.69) is 20.6 Å². The molecule has 4 atom stereocenters. The molecule has 4 rings (SSSR count). The van der Waals surface area contributed by atoms with E-state index >= 15 is 0 Å². The summed E-state index contributed by atoms with van der Waals surface area (Å²) in [6, 6.07) is 1.15. The third-order valence-electron chi connectivity index (χ3n) is 5.06. The highest BCUT2D eigenvalue weighted by atomic mass is 16.6. The molecule has 1 fully saturated rings. The summed E-state index contributed by atoms with van der Waals surface area (Å²) in [6.07, 6.45) is -0.606. The third kappa shape index (κ3) is 2.97. The highest BCUT2D eigenvalue weighted by Gasteiger charge is 2.53. The van der Waals surface area contributed by atoms with Crippen LogP contribution in [0.15, 0.2) is 22.1 Å². The number of carbonyl (C=O) groups excluding carboxylic acids is 1. The molecule has 0 bridgehead atoms. The smallest absolute Gasteiger partial charge is 0.273 e. The number of nitrogens with two attached hydrogens (primary N) is 1. The van der Waals surface area contributed by atoms with Crippen LogP contribution in [0.3, 0.4) is 0 Å². The van der Waals surface area contributed by atoms with Crippen LogP contribution >= 0.6 is 0 Å². The molecule has 12 nitrogen and oxygen atoms in total. The Hall–Kier alpha value is -2.90. The largest absolute Gasteiger partial charge is 0.394 e. The van der Waals surface area contributed by atoms with Crippen molar-refractivity contribution in [3.05, 3.63) is 22.6 Å². The zero-order valence-corrected chi connectivity index (χ0v) is 15.4. The van der Waals surface area contributed by atoms with E-state index in [1.807, 2.05) is 0 Å². The molecule has 0 unspecified atom stereocenters. The molecule has 0 saturated carbocycles. The number of hydrogen-bond acceptors (Lipinski definition) is 10. The molecule has 12 heteroatoms. The molecule has 29 heavy (non-hydrogen) atoms. The van der Waals surface area contributed by atoms with Gasteiger partial charge < -0.3 is 41.0 Å². The number of nitrogens with zero attached hydrogens (tertiary/aromatic N) is 3. The Morgan fingerprint density at radius 1 is 1.52 bits per heavy atom. The molecule has 2 aromatic heterocycles. The summed E-state index contributed by atoms with van der Waals surface area (Å²) in [5.41, 5.74) is 3.18. The number of carbonyl (C=O) groups is 1. The van der Waals surface area contributed by atoms with Gasteiger partial charge in [0.05, 0.1) is 30.6 Å². The van der Waals surface area contributed by atoms with Crippen molar-refractivity contribution >= 4 is 40.3 Å². The second-order valence-corrected chi connectivity index (χ2v) is 7.04. The fourth-order valence-electron chi connectivity index (χ4n) is 3.62. The van der Waals surface area contributed by atoms with Gasteiger partial charge in [-0.3, -0.25) is 9.59 Å². The molecule has 2 aliphatic heterocycles. The Morgan fingerprint density at radius 2 is 2.28 bits per heavy atom. The molecule has 154 valence electrons. The lowest BCUT2D eigenvalue weighted by Gasteiger charge is -2.28. The second kappa shape index (κ2) is 6.86. The number of aliphatic imine (C=N–C) groups is 1. The SMILES string of the molecule is C[C@@]1(O)[C@H](O)[C@@H](CO)O[C@H]1n1cc2c(NC(=O)CN)cc(=O)nc3c2c1N=CN3. The zero-order chi connectivity index (χ0) is 20.9. The van der Waals surface area contributed by atoms with E-state index in [0.717, 1.165) is 6.07 Å². The number of amides is 1. The summed E-state index contributed by atoms with van der Waals surface area (Å²) < 4.78 is 7.15. The number of aliphatic hydroxyl groups is 3. The molecule has 2 aliphatic rings. The van der Waals surface area contributed by atoms with Crippen molar-refractivity contribution in [1.29, 1.82) is 0 Å².